The number of nitrogens with one attached hydrogen (secondary N) is 2. The zero-order chi connectivity index (χ0) is 13.2. The molecule has 1 amide bonds. The predicted octanol–water partition coefficient (Wildman–Crippen LogP) is -0.174. The highest BCUT2D eigenvalue weighted by molar-refractivity contribution is 7.89. The Hall–Kier alpha value is -1.60. The van der Waals surface area contributed by atoms with Crippen LogP contribution in [0, 0.1) is 0 Å². The van der Waals surface area contributed by atoms with E-state index in [0.717, 1.165) is 0 Å². The van der Waals surface area contributed by atoms with Crippen molar-refractivity contribution in [2.45, 2.75) is 23.8 Å². The fourth-order valence-corrected chi connectivity index (χ4v) is 3.24. The Morgan fingerprint density at radius 1 is 1.33 bits per heavy atom. The highest BCUT2D eigenvalue weighted by atomic mass is 32.2. The van der Waals surface area contributed by atoms with Crippen molar-refractivity contribution in [2.75, 3.05) is 12.3 Å². The average molecular weight is 269 g/mol. The molecule has 1 aliphatic rings. The van der Waals surface area contributed by atoms with Gasteiger partial charge < -0.3 is 11.1 Å². The molecule has 18 heavy (non-hydrogen) atoms. The van der Waals surface area contributed by atoms with Crippen LogP contribution in [-0.4, -0.2) is 26.9 Å². The number of piperidine rings is 1. The molecule has 1 fully saturated rings. The van der Waals surface area contributed by atoms with Gasteiger partial charge in [0, 0.05) is 19.0 Å². The third kappa shape index (κ3) is 2.80. The van der Waals surface area contributed by atoms with Crippen LogP contribution in [-0.2, 0) is 14.8 Å². The second kappa shape index (κ2) is 4.95. The summed E-state index contributed by atoms with van der Waals surface area (Å²) in [6.07, 6.45) is 0.829. The lowest BCUT2D eigenvalue weighted by Crippen LogP contribution is -2.47. The summed E-state index contributed by atoms with van der Waals surface area (Å²) in [5.74, 6) is -0.0512. The largest absolute Gasteiger partial charge is 0.398 e. The number of rotatable bonds is 3. The third-order valence-corrected chi connectivity index (χ3v) is 4.39. The van der Waals surface area contributed by atoms with Gasteiger partial charge in [0.25, 0.3) is 0 Å². The summed E-state index contributed by atoms with van der Waals surface area (Å²) in [6, 6.07) is 6.01. The van der Waals surface area contributed by atoms with E-state index in [0.29, 0.717) is 19.4 Å². The lowest BCUT2D eigenvalue weighted by molar-refractivity contribution is -0.122. The number of benzene rings is 1. The zero-order valence-electron chi connectivity index (χ0n) is 9.72. The van der Waals surface area contributed by atoms with Crippen molar-refractivity contribution in [3.05, 3.63) is 24.3 Å². The number of nitrogen functional groups attached to an aromatic ring is 1. The number of anilines is 1. The van der Waals surface area contributed by atoms with Crippen LogP contribution in [0.15, 0.2) is 29.2 Å². The van der Waals surface area contributed by atoms with Crippen molar-refractivity contribution in [1.29, 1.82) is 0 Å². The van der Waals surface area contributed by atoms with Crippen LogP contribution >= 0.6 is 0 Å². The second-order valence-corrected chi connectivity index (χ2v) is 5.88. The van der Waals surface area contributed by atoms with Gasteiger partial charge in [-0.15, -0.1) is 0 Å². The van der Waals surface area contributed by atoms with E-state index >= 15 is 0 Å². The van der Waals surface area contributed by atoms with Crippen molar-refractivity contribution in [1.82, 2.24) is 10.0 Å². The molecule has 1 saturated heterocycles. The molecular weight excluding hydrogens is 254 g/mol. The first-order valence-electron chi connectivity index (χ1n) is 5.62. The summed E-state index contributed by atoms with van der Waals surface area (Å²) in [6.45, 7) is 0.310. The van der Waals surface area contributed by atoms with Gasteiger partial charge in [-0.3, -0.25) is 4.79 Å². The number of sulfonamides is 1. The molecule has 98 valence electrons. The molecule has 1 unspecified atom stereocenters. The summed E-state index contributed by atoms with van der Waals surface area (Å²) in [4.78, 5) is 11.1. The maximum Gasteiger partial charge on any atom is 0.242 e. The maximum absolute atomic E-state index is 12.1. The van der Waals surface area contributed by atoms with Crippen LogP contribution in [0.2, 0.25) is 0 Å². The van der Waals surface area contributed by atoms with Gasteiger partial charge in [0.2, 0.25) is 15.9 Å². The Bertz CT molecular complexity index is 546. The normalized spacial score (nSPS) is 20.4. The summed E-state index contributed by atoms with van der Waals surface area (Å²) in [5, 5.41) is 2.62. The van der Waals surface area contributed by atoms with E-state index in [9.17, 15) is 13.2 Å². The number of carbonyl (C=O) groups is 1. The molecule has 2 rings (SSSR count). The first kappa shape index (κ1) is 12.8. The van der Waals surface area contributed by atoms with Gasteiger partial charge in [-0.05, 0) is 18.6 Å². The number of hydrogen-bond acceptors (Lipinski definition) is 4. The van der Waals surface area contributed by atoms with Gasteiger partial charge in [-0.2, -0.15) is 0 Å². The molecule has 0 bridgehead atoms. The van der Waals surface area contributed by atoms with Crippen LogP contribution in [0.5, 0.6) is 0 Å². The highest BCUT2D eigenvalue weighted by Crippen LogP contribution is 2.18. The molecule has 0 saturated carbocycles. The van der Waals surface area contributed by atoms with Gasteiger partial charge in [0.1, 0.15) is 4.90 Å². The SMILES string of the molecule is Nc1ccccc1S(=O)(=O)NC1CCC(=O)NC1. The van der Waals surface area contributed by atoms with E-state index in [1.165, 1.54) is 12.1 Å². The van der Waals surface area contributed by atoms with Crippen molar-refractivity contribution >= 4 is 21.6 Å². The van der Waals surface area contributed by atoms with Crippen LogP contribution in [0.4, 0.5) is 5.69 Å². The fourth-order valence-electron chi connectivity index (χ4n) is 1.84. The number of para-hydroxylation sites is 1. The van der Waals surface area contributed by atoms with E-state index in [-0.39, 0.29) is 22.5 Å². The fraction of sp³-hybridized carbons (Fsp3) is 0.364. The standard InChI is InChI=1S/C11H15N3O3S/c12-9-3-1-2-4-10(9)18(16,17)14-8-5-6-11(15)13-7-8/h1-4,8,14H,5-7,12H2,(H,13,15). The summed E-state index contributed by atoms with van der Waals surface area (Å²) >= 11 is 0. The molecular formula is C11H15N3O3S. The minimum Gasteiger partial charge on any atom is -0.398 e. The molecule has 0 aromatic heterocycles. The molecule has 1 heterocycles. The van der Waals surface area contributed by atoms with Crippen LogP contribution in [0.1, 0.15) is 12.8 Å². The van der Waals surface area contributed by atoms with Crippen LogP contribution in [0.3, 0.4) is 0 Å². The van der Waals surface area contributed by atoms with E-state index in [4.69, 9.17) is 5.73 Å². The van der Waals surface area contributed by atoms with Gasteiger partial charge >= 0.3 is 0 Å². The molecule has 1 aromatic rings. The molecule has 1 atom stereocenters. The van der Waals surface area contributed by atoms with E-state index in [1.807, 2.05) is 0 Å². The number of hydrogen-bond donors (Lipinski definition) is 3. The average Bonchev–Trinajstić information content (AvgIpc) is 2.32. The Morgan fingerprint density at radius 3 is 2.67 bits per heavy atom. The number of nitrogens with two attached hydrogens (primary N) is 1. The molecule has 0 spiro atoms. The Morgan fingerprint density at radius 2 is 2.06 bits per heavy atom. The Labute approximate surface area is 106 Å². The zero-order valence-corrected chi connectivity index (χ0v) is 10.5. The van der Waals surface area contributed by atoms with E-state index < -0.39 is 10.0 Å². The molecule has 4 N–H and O–H groups in total. The van der Waals surface area contributed by atoms with E-state index in [1.54, 1.807) is 12.1 Å². The molecule has 0 aliphatic carbocycles. The quantitative estimate of drug-likeness (QED) is 0.663. The molecule has 6 nitrogen and oxygen atoms in total. The third-order valence-electron chi connectivity index (χ3n) is 2.80. The maximum atomic E-state index is 12.1. The monoisotopic (exact) mass is 269 g/mol. The Balaban J connectivity index is 2.13. The first-order valence-corrected chi connectivity index (χ1v) is 7.11. The number of amides is 1. The van der Waals surface area contributed by atoms with Gasteiger partial charge in [-0.1, -0.05) is 12.1 Å². The topological polar surface area (TPSA) is 101 Å². The minimum atomic E-state index is -3.63. The summed E-state index contributed by atoms with van der Waals surface area (Å²) < 4.78 is 26.7. The van der Waals surface area contributed by atoms with Gasteiger partial charge in [-0.25, -0.2) is 13.1 Å². The lowest BCUT2D eigenvalue weighted by atomic mass is 10.1. The molecule has 1 aliphatic heterocycles. The number of carbonyl (C=O) groups excluding carboxylic acids is 1. The minimum absolute atomic E-state index is 0.0512. The van der Waals surface area contributed by atoms with Crippen molar-refractivity contribution in [3.8, 4) is 0 Å². The smallest absolute Gasteiger partial charge is 0.242 e. The molecule has 0 radical (unpaired) electrons. The van der Waals surface area contributed by atoms with Crippen molar-refractivity contribution in [2.24, 2.45) is 0 Å². The van der Waals surface area contributed by atoms with E-state index in [2.05, 4.69) is 10.0 Å². The Kier molecular flexibility index (Phi) is 3.53. The lowest BCUT2D eigenvalue weighted by Gasteiger charge is -2.23. The molecule has 1 aromatic carbocycles. The van der Waals surface area contributed by atoms with Gasteiger partial charge in [0.15, 0.2) is 0 Å². The van der Waals surface area contributed by atoms with Crippen molar-refractivity contribution in [3.63, 3.8) is 0 Å². The first-order chi connectivity index (χ1) is 8.49. The summed E-state index contributed by atoms with van der Waals surface area (Å²) in [5.41, 5.74) is 5.86. The summed E-state index contributed by atoms with van der Waals surface area (Å²) in [7, 11) is -3.63. The highest BCUT2D eigenvalue weighted by Gasteiger charge is 2.25. The molecule has 7 heteroatoms. The van der Waals surface area contributed by atoms with Crippen molar-refractivity contribution < 1.29 is 13.2 Å². The van der Waals surface area contributed by atoms with Crippen LogP contribution < -0.4 is 15.8 Å². The second-order valence-electron chi connectivity index (χ2n) is 4.20. The van der Waals surface area contributed by atoms with Gasteiger partial charge in [0.05, 0.1) is 5.69 Å². The predicted molar refractivity (Wildman–Crippen MR) is 67.2 cm³/mol. The van der Waals surface area contributed by atoms with Crippen LogP contribution in [0.25, 0.3) is 0 Å².